The molecule has 4 aromatic rings. The van der Waals surface area contributed by atoms with Gasteiger partial charge >= 0.3 is 0 Å². The van der Waals surface area contributed by atoms with Gasteiger partial charge in [-0.25, -0.2) is 9.97 Å². The van der Waals surface area contributed by atoms with Crippen LogP contribution in [-0.2, 0) is 0 Å². The van der Waals surface area contributed by atoms with Crippen LogP contribution in [0.3, 0.4) is 0 Å². The molecule has 0 spiro atoms. The van der Waals surface area contributed by atoms with Crippen LogP contribution in [0.5, 0.6) is 0 Å². The highest BCUT2D eigenvalue weighted by Crippen LogP contribution is 2.30. The quantitative estimate of drug-likeness (QED) is 0.616. The average molecular weight is 295 g/mol. The summed E-state index contributed by atoms with van der Waals surface area (Å²) in [6, 6.07) is 10.2. The molecule has 0 saturated carbocycles. The first-order valence-electron chi connectivity index (χ1n) is 6.64. The maximum atomic E-state index is 4.63. The van der Waals surface area contributed by atoms with Gasteiger partial charge in [0, 0.05) is 11.9 Å². The standard InChI is InChI=1S/C15H13N5S/c1-9-7-10-13(18-15(16-2)19-14(10)21-9)20-8-17-11-5-3-4-6-12(11)20/h3-8H,1-2H3,(H,16,18,19). The van der Waals surface area contributed by atoms with Gasteiger partial charge in [-0.05, 0) is 25.1 Å². The SMILES string of the molecule is CNc1nc(-n2cnc3ccccc32)c2cc(C)sc2n1. The first-order valence-corrected chi connectivity index (χ1v) is 7.46. The highest BCUT2D eigenvalue weighted by Gasteiger charge is 2.13. The normalized spacial score (nSPS) is 11.3. The number of hydrogen-bond acceptors (Lipinski definition) is 5. The van der Waals surface area contributed by atoms with Gasteiger partial charge < -0.3 is 5.32 Å². The smallest absolute Gasteiger partial charge is 0.225 e. The molecule has 0 atom stereocenters. The molecule has 3 heterocycles. The van der Waals surface area contributed by atoms with Crippen molar-refractivity contribution in [3.05, 3.63) is 41.5 Å². The molecule has 0 aliphatic heterocycles. The number of fused-ring (bicyclic) bond motifs is 2. The maximum absolute atomic E-state index is 4.63. The number of aromatic nitrogens is 4. The fourth-order valence-electron chi connectivity index (χ4n) is 2.45. The summed E-state index contributed by atoms with van der Waals surface area (Å²) >= 11 is 1.67. The van der Waals surface area contributed by atoms with Crippen LogP contribution < -0.4 is 5.32 Å². The summed E-state index contributed by atoms with van der Waals surface area (Å²) in [7, 11) is 1.83. The van der Waals surface area contributed by atoms with Crippen molar-refractivity contribution < 1.29 is 0 Å². The summed E-state index contributed by atoms with van der Waals surface area (Å²) in [5.74, 6) is 1.49. The Morgan fingerprint density at radius 1 is 1.19 bits per heavy atom. The second kappa shape index (κ2) is 4.53. The van der Waals surface area contributed by atoms with E-state index in [1.54, 1.807) is 11.3 Å². The molecule has 5 nitrogen and oxygen atoms in total. The van der Waals surface area contributed by atoms with Crippen LogP contribution in [0.4, 0.5) is 5.95 Å². The zero-order chi connectivity index (χ0) is 14.4. The Labute approximate surface area is 125 Å². The van der Waals surface area contributed by atoms with E-state index in [4.69, 9.17) is 0 Å². The Morgan fingerprint density at radius 2 is 2.05 bits per heavy atom. The Bertz CT molecular complexity index is 953. The average Bonchev–Trinajstić information content (AvgIpc) is 3.08. The number of imidazole rings is 1. The van der Waals surface area contributed by atoms with Crippen molar-refractivity contribution in [1.29, 1.82) is 0 Å². The van der Waals surface area contributed by atoms with E-state index in [1.165, 1.54) is 4.88 Å². The van der Waals surface area contributed by atoms with Gasteiger partial charge in [0.2, 0.25) is 5.95 Å². The lowest BCUT2D eigenvalue weighted by molar-refractivity contribution is 1.02. The fourth-order valence-corrected chi connectivity index (χ4v) is 3.32. The third-order valence-corrected chi connectivity index (χ3v) is 4.35. The third kappa shape index (κ3) is 1.87. The van der Waals surface area contributed by atoms with Gasteiger partial charge in [0.05, 0.1) is 16.4 Å². The molecule has 4 rings (SSSR count). The van der Waals surface area contributed by atoms with Gasteiger partial charge in [0.25, 0.3) is 0 Å². The van der Waals surface area contributed by atoms with E-state index in [0.717, 1.165) is 27.1 Å². The molecule has 0 aliphatic carbocycles. The Hall–Kier alpha value is -2.47. The predicted molar refractivity (Wildman–Crippen MR) is 86.3 cm³/mol. The molecule has 0 radical (unpaired) electrons. The molecule has 0 unspecified atom stereocenters. The number of aryl methyl sites for hydroxylation is 1. The van der Waals surface area contributed by atoms with E-state index < -0.39 is 0 Å². The van der Waals surface area contributed by atoms with E-state index in [1.807, 2.05) is 36.1 Å². The number of rotatable bonds is 2. The first-order chi connectivity index (χ1) is 10.3. The van der Waals surface area contributed by atoms with Gasteiger partial charge in [-0.1, -0.05) is 12.1 Å². The lowest BCUT2D eigenvalue weighted by Gasteiger charge is -2.07. The molecule has 0 amide bonds. The molecule has 21 heavy (non-hydrogen) atoms. The van der Waals surface area contributed by atoms with Crippen LogP contribution >= 0.6 is 11.3 Å². The number of benzene rings is 1. The van der Waals surface area contributed by atoms with Crippen LogP contribution in [-0.4, -0.2) is 26.6 Å². The summed E-state index contributed by atoms with van der Waals surface area (Å²) in [6.45, 7) is 2.08. The molecule has 3 aromatic heterocycles. The van der Waals surface area contributed by atoms with Gasteiger partial charge in [0.15, 0.2) is 5.82 Å². The summed E-state index contributed by atoms with van der Waals surface area (Å²) in [5.41, 5.74) is 2.01. The van der Waals surface area contributed by atoms with Gasteiger partial charge in [0.1, 0.15) is 11.2 Å². The molecule has 104 valence electrons. The largest absolute Gasteiger partial charge is 0.357 e. The highest BCUT2D eigenvalue weighted by molar-refractivity contribution is 7.18. The minimum atomic E-state index is 0.622. The minimum absolute atomic E-state index is 0.622. The number of para-hydroxylation sites is 2. The summed E-state index contributed by atoms with van der Waals surface area (Å²) < 4.78 is 2.02. The topological polar surface area (TPSA) is 55.6 Å². The van der Waals surface area contributed by atoms with Crippen molar-refractivity contribution >= 4 is 38.5 Å². The second-order valence-corrected chi connectivity index (χ2v) is 6.03. The number of hydrogen-bond donors (Lipinski definition) is 1. The van der Waals surface area contributed by atoms with E-state index in [0.29, 0.717) is 5.95 Å². The highest BCUT2D eigenvalue weighted by atomic mass is 32.1. The van der Waals surface area contributed by atoms with E-state index in [-0.39, 0.29) is 0 Å². The van der Waals surface area contributed by atoms with Crippen molar-refractivity contribution in [2.24, 2.45) is 0 Å². The van der Waals surface area contributed by atoms with Crippen LogP contribution in [0.2, 0.25) is 0 Å². The van der Waals surface area contributed by atoms with Gasteiger partial charge in [-0.15, -0.1) is 11.3 Å². The van der Waals surface area contributed by atoms with Crippen molar-refractivity contribution in [3.63, 3.8) is 0 Å². The molecule has 0 saturated heterocycles. The van der Waals surface area contributed by atoms with Gasteiger partial charge in [-0.2, -0.15) is 4.98 Å². The molecule has 1 aromatic carbocycles. The van der Waals surface area contributed by atoms with Gasteiger partial charge in [-0.3, -0.25) is 4.57 Å². The molecule has 1 N–H and O–H groups in total. The maximum Gasteiger partial charge on any atom is 0.225 e. The number of nitrogens with one attached hydrogen (secondary N) is 1. The molecule has 6 heteroatoms. The number of nitrogens with zero attached hydrogens (tertiary/aromatic N) is 4. The Morgan fingerprint density at radius 3 is 2.90 bits per heavy atom. The Balaban J connectivity index is 2.09. The first kappa shape index (κ1) is 12.3. The number of anilines is 1. The predicted octanol–water partition coefficient (Wildman–Crippen LogP) is 3.38. The lowest BCUT2D eigenvalue weighted by Crippen LogP contribution is -2.02. The zero-order valence-corrected chi connectivity index (χ0v) is 12.5. The van der Waals surface area contributed by atoms with Crippen LogP contribution in [0, 0.1) is 6.92 Å². The third-order valence-electron chi connectivity index (χ3n) is 3.40. The molecular formula is C15H13N5S. The molecule has 0 aliphatic rings. The molecule has 0 fully saturated rings. The van der Waals surface area contributed by atoms with Crippen molar-refractivity contribution in [2.75, 3.05) is 12.4 Å². The van der Waals surface area contributed by atoms with E-state index >= 15 is 0 Å². The monoisotopic (exact) mass is 295 g/mol. The van der Waals surface area contributed by atoms with Crippen molar-refractivity contribution in [2.45, 2.75) is 6.92 Å². The second-order valence-electron chi connectivity index (χ2n) is 4.80. The lowest BCUT2D eigenvalue weighted by atomic mass is 10.3. The van der Waals surface area contributed by atoms with Crippen LogP contribution in [0.25, 0.3) is 27.1 Å². The summed E-state index contributed by atoms with van der Waals surface area (Å²) in [5, 5.41) is 4.08. The molecule has 0 bridgehead atoms. The zero-order valence-electron chi connectivity index (χ0n) is 11.7. The Kier molecular flexibility index (Phi) is 2.65. The molecular weight excluding hydrogens is 282 g/mol. The number of thiophene rings is 1. The minimum Gasteiger partial charge on any atom is -0.357 e. The fraction of sp³-hybridized carbons (Fsp3) is 0.133. The summed E-state index contributed by atoms with van der Waals surface area (Å²) in [4.78, 5) is 15.8. The van der Waals surface area contributed by atoms with Crippen LogP contribution in [0.1, 0.15) is 4.88 Å². The van der Waals surface area contributed by atoms with E-state index in [2.05, 4.69) is 39.3 Å². The summed E-state index contributed by atoms with van der Waals surface area (Å²) in [6.07, 6.45) is 1.82. The van der Waals surface area contributed by atoms with Crippen molar-refractivity contribution in [1.82, 2.24) is 19.5 Å². The van der Waals surface area contributed by atoms with E-state index in [9.17, 15) is 0 Å². The van der Waals surface area contributed by atoms with Crippen LogP contribution in [0.15, 0.2) is 36.7 Å². The van der Waals surface area contributed by atoms with Crippen molar-refractivity contribution in [3.8, 4) is 5.82 Å².